The van der Waals surface area contributed by atoms with Gasteiger partial charge in [0, 0.05) is 30.8 Å². The van der Waals surface area contributed by atoms with Crippen LogP contribution in [0.25, 0.3) is 0 Å². The van der Waals surface area contributed by atoms with Crippen molar-refractivity contribution < 1.29 is 13.2 Å². The number of rotatable bonds is 4. The first-order chi connectivity index (χ1) is 9.11. The van der Waals surface area contributed by atoms with Gasteiger partial charge in [-0.25, -0.2) is 13.2 Å². The second-order valence-electron chi connectivity index (χ2n) is 5.04. The number of hydrogen-bond acceptors (Lipinski definition) is 2. The predicted molar refractivity (Wildman–Crippen MR) is 68.3 cm³/mol. The van der Waals surface area contributed by atoms with E-state index in [9.17, 15) is 13.2 Å². The van der Waals surface area contributed by atoms with E-state index in [1.807, 2.05) is 7.05 Å². The molecule has 2 nitrogen and oxygen atoms in total. The van der Waals surface area contributed by atoms with Crippen LogP contribution in [-0.4, -0.2) is 31.1 Å². The molecule has 1 aliphatic rings. The minimum Gasteiger partial charge on any atom is -0.318 e. The van der Waals surface area contributed by atoms with Gasteiger partial charge in [-0.3, -0.25) is 4.90 Å². The van der Waals surface area contributed by atoms with E-state index in [2.05, 4.69) is 10.2 Å². The van der Waals surface area contributed by atoms with Crippen LogP contribution in [0.1, 0.15) is 24.8 Å². The molecule has 1 aromatic rings. The summed E-state index contributed by atoms with van der Waals surface area (Å²) in [6.45, 7) is 2.02. The van der Waals surface area contributed by atoms with Crippen LogP contribution in [0.5, 0.6) is 0 Å². The fourth-order valence-corrected chi connectivity index (χ4v) is 2.64. The standard InChI is InChI=1S/C14H19F3N2/c1-18-8-11-4-2-3-5-19(11)9-10-6-13(16)14(17)7-12(10)15/h6-7,11,18H,2-5,8-9H2,1H3. The van der Waals surface area contributed by atoms with Crippen LogP contribution in [-0.2, 0) is 6.54 Å². The first-order valence-corrected chi connectivity index (χ1v) is 6.64. The van der Waals surface area contributed by atoms with E-state index in [1.165, 1.54) is 0 Å². The van der Waals surface area contributed by atoms with E-state index < -0.39 is 17.5 Å². The Morgan fingerprint density at radius 1 is 1.16 bits per heavy atom. The summed E-state index contributed by atoms with van der Waals surface area (Å²) in [5, 5.41) is 3.12. The molecular formula is C14H19F3N2. The highest BCUT2D eigenvalue weighted by Gasteiger charge is 2.23. The van der Waals surface area contributed by atoms with Gasteiger partial charge in [-0.05, 0) is 32.5 Å². The van der Waals surface area contributed by atoms with Crippen LogP contribution in [0.2, 0.25) is 0 Å². The van der Waals surface area contributed by atoms with Crippen LogP contribution in [0, 0.1) is 17.5 Å². The Kier molecular flexibility index (Phi) is 4.82. The number of hydrogen-bond donors (Lipinski definition) is 1. The highest BCUT2D eigenvalue weighted by molar-refractivity contribution is 5.20. The summed E-state index contributed by atoms with van der Waals surface area (Å²) in [7, 11) is 1.88. The van der Waals surface area contributed by atoms with Crippen LogP contribution in [0.15, 0.2) is 12.1 Å². The monoisotopic (exact) mass is 272 g/mol. The van der Waals surface area contributed by atoms with E-state index in [4.69, 9.17) is 0 Å². The molecule has 0 amide bonds. The molecule has 0 saturated carbocycles. The average molecular weight is 272 g/mol. The van der Waals surface area contributed by atoms with Gasteiger partial charge < -0.3 is 5.32 Å². The molecule has 5 heteroatoms. The molecule has 1 N–H and O–H groups in total. The average Bonchev–Trinajstić information content (AvgIpc) is 2.38. The molecule has 1 atom stereocenters. The predicted octanol–water partition coefficient (Wildman–Crippen LogP) is 2.68. The van der Waals surface area contributed by atoms with Crippen molar-refractivity contribution in [1.29, 1.82) is 0 Å². The number of halogens is 3. The Hall–Kier alpha value is -1.07. The lowest BCUT2D eigenvalue weighted by Crippen LogP contribution is -2.44. The third-order valence-electron chi connectivity index (χ3n) is 3.65. The molecule has 0 bridgehead atoms. The number of benzene rings is 1. The summed E-state index contributed by atoms with van der Waals surface area (Å²) in [6.07, 6.45) is 3.26. The van der Waals surface area contributed by atoms with Crippen molar-refractivity contribution in [2.75, 3.05) is 20.1 Å². The summed E-state index contributed by atoms with van der Waals surface area (Å²) in [4.78, 5) is 2.13. The molecule has 0 spiro atoms. The number of nitrogens with one attached hydrogen (secondary N) is 1. The van der Waals surface area contributed by atoms with E-state index in [0.717, 1.165) is 38.4 Å². The molecule has 0 aliphatic carbocycles. The Balaban J connectivity index is 2.12. The molecule has 106 valence electrons. The van der Waals surface area contributed by atoms with Gasteiger partial charge in [0.05, 0.1) is 0 Å². The minimum absolute atomic E-state index is 0.224. The maximum Gasteiger partial charge on any atom is 0.161 e. The SMILES string of the molecule is CNCC1CCCCN1Cc1cc(F)c(F)cc1F. The first kappa shape index (κ1) is 14.3. The second kappa shape index (κ2) is 6.39. The van der Waals surface area contributed by atoms with Gasteiger partial charge >= 0.3 is 0 Å². The third kappa shape index (κ3) is 3.48. The Morgan fingerprint density at radius 3 is 2.63 bits per heavy atom. The van der Waals surface area contributed by atoms with Gasteiger partial charge in [-0.1, -0.05) is 6.42 Å². The zero-order chi connectivity index (χ0) is 13.8. The van der Waals surface area contributed by atoms with E-state index in [-0.39, 0.29) is 5.56 Å². The summed E-state index contributed by atoms with van der Waals surface area (Å²) >= 11 is 0. The zero-order valence-electron chi connectivity index (χ0n) is 11.1. The highest BCUT2D eigenvalue weighted by atomic mass is 19.2. The van der Waals surface area contributed by atoms with E-state index in [0.29, 0.717) is 18.7 Å². The van der Waals surface area contributed by atoms with Crippen molar-refractivity contribution in [3.8, 4) is 0 Å². The van der Waals surface area contributed by atoms with Crippen LogP contribution in [0.3, 0.4) is 0 Å². The molecule has 1 unspecified atom stereocenters. The van der Waals surface area contributed by atoms with Crippen LogP contribution < -0.4 is 5.32 Å². The lowest BCUT2D eigenvalue weighted by Gasteiger charge is -2.35. The molecule has 0 aromatic heterocycles. The van der Waals surface area contributed by atoms with Crippen molar-refractivity contribution in [2.24, 2.45) is 0 Å². The van der Waals surface area contributed by atoms with Gasteiger partial charge in [0.1, 0.15) is 5.82 Å². The Bertz CT molecular complexity index is 435. The van der Waals surface area contributed by atoms with Crippen molar-refractivity contribution in [2.45, 2.75) is 31.8 Å². The number of likely N-dealkylation sites (N-methyl/N-ethyl adjacent to an activating group) is 1. The largest absolute Gasteiger partial charge is 0.318 e. The fourth-order valence-electron chi connectivity index (χ4n) is 2.64. The van der Waals surface area contributed by atoms with Crippen molar-refractivity contribution in [1.82, 2.24) is 10.2 Å². The summed E-state index contributed by atoms with van der Waals surface area (Å²) in [5.74, 6) is -2.79. The molecule has 1 fully saturated rings. The second-order valence-corrected chi connectivity index (χ2v) is 5.04. The topological polar surface area (TPSA) is 15.3 Å². The van der Waals surface area contributed by atoms with Gasteiger partial charge in [-0.15, -0.1) is 0 Å². The molecule has 0 radical (unpaired) electrons. The third-order valence-corrected chi connectivity index (χ3v) is 3.65. The highest BCUT2D eigenvalue weighted by Crippen LogP contribution is 2.21. The van der Waals surface area contributed by atoms with Crippen molar-refractivity contribution >= 4 is 0 Å². The minimum atomic E-state index is -1.13. The molecule has 1 aromatic carbocycles. The Labute approximate surface area is 111 Å². The van der Waals surface area contributed by atoms with Gasteiger partial charge in [0.15, 0.2) is 11.6 Å². The van der Waals surface area contributed by atoms with Gasteiger partial charge in [0.2, 0.25) is 0 Å². The van der Waals surface area contributed by atoms with Crippen LogP contribution in [0.4, 0.5) is 13.2 Å². The van der Waals surface area contributed by atoms with Gasteiger partial charge in [-0.2, -0.15) is 0 Å². The molecule has 19 heavy (non-hydrogen) atoms. The molecule has 1 saturated heterocycles. The zero-order valence-corrected chi connectivity index (χ0v) is 11.1. The Morgan fingerprint density at radius 2 is 1.89 bits per heavy atom. The summed E-state index contributed by atoms with van der Waals surface area (Å²) < 4.78 is 39.7. The molecule has 1 aliphatic heterocycles. The lowest BCUT2D eigenvalue weighted by atomic mass is 10.0. The maximum atomic E-state index is 13.6. The maximum absolute atomic E-state index is 13.6. The smallest absolute Gasteiger partial charge is 0.161 e. The van der Waals surface area contributed by atoms with Crippen molar-refractivity contribution in [3.63, 3.8) is 0 Å². The first-order valence-electron chi connectivity index (χ1n) is 6.64. The fraction of sp³-hybridized carbons (Fsp3) is 0.571. The molecule has 1 heterocycles. The van der Waals surface area contributed by atoms with E-state index >= 15 is 0 Å². The lowest BCUT2D eigenvalue weighted by molar-refractivity contribution is 0.137. The van der Waals surface area contributed by atoms with Crippen LogP contribution >= 0.6 is 0 Å². The van der Waals surface area contributed by atoms with Crippen molar-refractivity contribution in [3.05, 3.63) is 35.1 Å². The number of likely N-dealkylation sites (tertiary alicyclic amines) is 1. The van der Waals surface area contributed by atoms with E-state index in [1.54, 1.807) is 0 Å². The quantitative estimate of drug-likeness (QED) is 0.848. The normalized spacial score (nSPS) is 20.7. The molecule has 2 rings (SSSR count). The number of piperidine rings is 1. The molecular weight excluding hydrogens is 253 g/mol. The number of nitrogens with zero attached hydrogens (tertiary/aromatic N) is 1. The van der Waals surface area contributed by atoms with Gasteiger partial charge in [0.25, 0.3) is 0 Å². The summed E-state index contributed by atoms with van der Waals surface area (Å²) in [5.41, 5.74) is 0.224. The summed E-state index contributed by atoms with van der Waals surface area (Å²) in [6, 6.07) is 1.92.